The molecule has 0 fully saturated rings. The molecule has 0 aliphatic carbocycles. The third-order valence-corrected chi connectivity index (χ3v) is 5.12. The Morgan fingerprint density at radius 1 is 1.03 bits per heavy atom. The second-order valence-electron chi connectivity index (χ2n) is 7.73. The molecule has 2 aromatic heterocycles. The van der Waals surface area contributed by atoms with Crippen molar-refractivity contribution in [2.24, 2.45) is 5.92 Å². The van der Waals surface area contributed by atoms with E-state index in [1.807, 2.05) is 31.3 Å². The number of hydrogen-bond donors (Lipinski definition) is 3. The van der Waals surface area contributed by atoms with Gasteiger partial charge in [-0.3, -0.25) is 14.8 Å². The number of carbonyl (C=O) groups is 1. The average Bonchev–Trinajstić information content (AvgIpc) is 2.79. The average molecular weight is 478 g/mol. The third-order valence-electron chi connectivity index (χ3n) is 5.12. The van der Waals surface area contributed by atoms with Crippen molar-refractivity contribution in [2.75, 3.05) is 18.5 Å². The van der Waals surface area contributed by atoms with E-state index >= 15 is 0 Å². The minimum Gasteiger partial charge on any atom is -0.398 e. The Morgan fingerprint density at radius 3 is 2.29 bits per heavy atom. The maximum atomic E-state index is 13.7. The molecule has 2 unspecified atom stereocenters. The van der Waals surface area contributed by atoms with Crippen molar-refractivity contribution >= 4 is 17.7 Å². The van der Waals surface area contributed by atoms with E-state index in [0.29, 0.717) is 18.0 Å². The van der Waals surface area contributed by atoms with E-state index < -0.39 is 17.4 Å². The van der Waals surface area contributed by atoms with Gasteiger partial charge in [0, 0.05) is 18.1 Å². The van der Waals surface area contributed by atoms with Crippen LogP contribution in [0.25, 0.3) is 0 Å². The summed E-state index contributed by atoms with van der Waals surface area (Å²) in [5, 5.41) is 3.25. The second-order valence-corrected chi connectivity index (χ2v) is 7.73. The molecule has 2 heterocycles. The summed E-state index contributed by atoms with van der Waals surface area (Å²) in [6.07, 6.45) is -0.386. The van der Waals surface area contributed by atoms with Gasteiger partial charge in [-0.25, -0.2) is 4.39 Å². The van der Waals surface area contributed by atoms with Crippen LogP contribution < -0.4 is 16.8 Å². The lowest BCUT2D eigenvalue weighted by molar-refractivity contribution is -0.141. The van der Waals surface area contributed by atoms with Crippen molar-refractivity contribution in [3.05, 3.63) is 83.2 Å². The van der Waals surface area contributed by atoms with Gasteiger partial charge in [-0.05, 0) is 55.6 Å². The molecule has 5 N–H and O–H groups in total. The first-order valence-electron chi connectivity index (χ1n) is 10.5. The fourth-order valence-corrected chi connectivity index (χ4v) is 3.45. The van der Waals surface area contributed by atoms with Crippen molar-refractivity contribution in [3.63, 3.8) is 0 Å². The van der Waals surface area contributed by atoms with E-state index in [4.69, 9.17) is 11.5 Å². The number of carbonyl (C=O) groups excluding carboxylic acids is 1. The molecule has 1 aromatic carbocycles. The van der Waals surface area contributed by atoms with Gasteiger partial charge >= 0.3 is 6.18 Å². The number of benzene rings is 1. The largest absolute Gasteiger partial charge is 0.434 e. The van der Waals surface area contributed by atoms with Gasteiger partial charge in [0.2, 0.25) is 0 Å². The molecule has 0 saturated carbocycles. The summed E-state index contributed by atoms with van der Waals surface area (Å²) in [6.45, 7) is 2.12. The molecule has 0 saturated heterocycles. The van der Waals surface area contributed by atoms with Crippen molar-refractivity contribution in [1.82, 2.24) is 15.3 Å². The monoisotopic (exact) mass is 477 g/mol. The van der Waals surface area contributed by atoms with Crippen molar-refractivity contribution in [1.29, 1.82) is 0 Å². The molecule has 3 aromatic rings. The van der Waals surface area contributed by atoms with Crippen LogP contribution in [0.15, 0.2) is 54.9 Å². The normalized spacial score (nSPS) is 12.9. The summed E-state index contributed by atoms with van der Waals surface area (Å²) >= 11 is 0. The smallest absolute Gasteiger partial charge is 0.398 e. The van der Waals surface area contributed by atoms with Gasteiger partial charge in [0.1, 0.15) is 5.82 Å². The van der Waals surface area contributed by atoms with Gasteiger partial charge in [-0.1, -0.05) is 25.1 Å². The van der Waals surface area contributed by atoms with Crippen LogP contribution >= 0.6 is 0 Å². The summed E-state index contributed by atoms with van der Waals surface area (Å²) < 4.78 is 50.1. The highest BCUT2D eigenvalue weighted by Gasteiger charge is 2.35. The predicted molar refractivity (Wildman–Crippen MR) is 123 cm³/mol. The minimum atomic E-state index is -4.65. The number of nitrogens with two attached hydrogens (primary N) is 2. The number of halogens is 4. The van der Waals surface area contributed by atoms with Gasteiger partial charge in [-0.15, -0.1) is 0 Å². The number of aromatic nitrogens is 2. The number of anilines is 2. The zero-order valence-electron chi connectivity index (χ0n) is 18.8. The first-order valence-corrected chi connectivity index (χ1v) is 10.5. The Bertz CT molecular complexity index is 1090. The van der Waals surface area contributed by atoms with Crippen molar-refractivity contribution in [2.45, 2.75) is 32.0 Å². The van der Waals surface area contributed by atoms with E-state index in [-0.39, 0.29) is 23.8 Å². The Kier molecular flexibility index (Phi) is 9.49. The van der Waals surface area contributed by atoms with Crippen LogP contribution in [-0.2, 0) is 12.6 Å². The first-order chi connectivity index (χ1) is 16.1. The summed E-state index contributed by atoms with van der Waals surface area (Å²) in [6, 6.07) is 11.8. The topological polar surface area (TPSA) is 107 Å². The van der Waals surface area contributed by atoms with E-state index in [0.717, 1.165) is 29.9 Å². The molecular formula is C24H27F4N5O. The number of rotatable bonds is 7. The standard InChI is InChI=1S/C17H22FN3.C7H5F3N2O/c1-12(10-13-6-3-4-7-14(13)18)11-16(20-2)17-15(19)8-5-9-21-17;8-7(9,10)6-4(3-13)5(11)1-2-12-6/h3-9,12,16,20H,10-11,19H2,1-2H3;1-3H,(H2,11,12). The van der Waals surface area contributed by atoms with Crippen LogP contribution in [0, 0.1) is 11.7 Å². The van der Waals surface area contributed by atoms with Gasteiger partial charge in [0.25, 0.3) is 0 Å². The fourth-order valence-electron chi connectivity index (χ4n) is 3.45. The fraction of sp³-hybridized carbons (Fsp3) is 0.292. The van der Waals surface area contributed by atoms with Crippen molar-refractivity contribution in [3.8, 4) is 0 Å². The lowest BCUT2D eigenvalue weighted by atomic mass is 9.92. The Balaban J connectivity index is 0.000000270. The van der Waals surface area contributed by atoms with Gasteiger partial charge in [0.05, 0.1) is 23.0 Å². The Hall–Kier alpha value is -3.53. The van der Waals surface area contributed by atoms with Gasteiger partial charge < -0.3 is 16.8 Å². The Morgan fingerprint density at radius 2 is 1.74 bits per heavy atom. The zero-order valence-corrected chi connectivity index (χ0v) is 18.8. The number of nitrogens with one attached hydrogen (secondary N) is 1. The van der Waals surface area contributed by atoms with Crippen LogP contribution in [0.3, 0.4) is 0 Å². The molecule has 0 amide bonds. The molecule has 0 bridgehead atoms. The number of nitrogen functional groups attached to an aromatic ring is 2. The van der Waals surface area contributed by atoms with Gasteiger partial charge in [0.15, 0.2) is 12.0 Å². The molecule has 3 rings (SSSR count). The lowest BCUT2D eigenvalue weighted by Gasteiger charge is -2.21. The van der Waals surface area contributed by atoms with E-state index in [9.17, 15) is 22.4 Å². The van der Waals surface area contributed by atoms with Crippen LogP contribution in [-0.4, -0.2) is 23.3 Å². The molecular weight excluding hydrogens is 450 g/mol. The van der Waals surface area contributed by atoms with Crippen LogP contribution in [0.1, 0.15) is 46.7 Å². The highest BCUT2D eigenvalue weighted by atomic mass is 19.4. The second kappa shape index (κ2) is 12.1. The summed E-state index contributed by atoms with van der Waals surface area (Å²) in [5.74, 6) is 0.184. The molecule has 182 valence electrons. The van der Waals surface area contributed by atoms with E-state index in [1.54, 1.807) is 12.3 Å². The maximum Gasteiger partial charge on any atom is 0.434 e. The first kappa shape index (κ1) is 26.7. The van der Waals surface area contributed by atoms with Crippen molar-refractivity contribution < 1.29 is 22.4 Å². The summed E-state index contributed by atoms with van der Waals surface area (Å²) in [7, 11) is 1.90. The van der Waals surface area contributed by atoms with Crippen LogP contribution in [0.2, 0.25) is 0 Å². The Labute approximate surface area is 195 Å². The molecule has 10 heteroatoms. The lowest BCUT2D eigenvalue weighted by Crippen LogP contribution is -2.22. The molecule has 0 radical (unpaired) electrons. The number of pyridine rings is 2. The zero-order chi connectivity index (χ0) is 25.3. The molecule has 0 spiro atoms. The third kappa shape index (κ3) is 7.24. The summed E-state index contributed by atoms with van der Waals surface area (Å²) in [5.41, 5.74) is 11.4. The number of aldehydes is 1. The number of alkyl halides is 3. The molecule has 6 nitrogen and oxygen atoms in total. The quantitative estimate of drug-likeness (QED) is 0.333. The maximum absolute atomic E-state index is 13.7. The minimum absolute atomic E-state index is 0.0468. The van der Waals surface area contributed by atoms with Crippen LogP contribution in [0.5, 0.6) is 0 Å². The molecule has 2 atom stereocenters. The van der Waals surface area contributed by atoms with Crippen LogP contribution in [0.4, 0.5) is 28.9 Å². The number of hydrogen-bond acceptors (Lipinski definition) is 6. The molecule has 0 aliphatic heterocycles. The number of nitrogens with zero attached hydrogens (tertiary/aromatic N) is 2. The SMILES string of the molecule is CNC(CC(C)Cc1ccccc1F)c1ncccc1N.Nc1ccnc(C(F)(F)F)c1C=O. The predicted octanol–water partition coefficient (Wildman–Crippen LogP) is 4.83. The molecule has 34 heavy (non-hydrogen) atoms. The van der Waals surface area contributed by atoms with Gasteiger partial charge in [-0.2, -0.15) is 13.2 Å². The molecule has 0 aliphatic rings. The van der Waals surface area contributed by atoms with E-state index in [2.05, 4.69) is 22.2 Å². The highest BCUT2D eigenvalue weighted by molar-refractivity contribution is 5.84. The van der Waals surface area contributed by atoms with E-state index in [1.165, 1.54) is 6.07 Å². The summed E-state index contributed by atoms with van der Waals surface area (Å²) in [4.78, 5) is 17.7. The highest BCUT2D eigenvalue weighted by Crippen LogP contribution is 2.31.